The number of rotatable bonds is 12. The molecule has 3 nitrogen and oxygen atoms in total. The zero-order valence-electron chi connectivity index (χ0n) is 17.9. The van der Waals surface area contributed by atoms with Crippen LogP contribution in [0.3, 0.4) is 0 Å². The average molecular weight is 434 g/mol. The van der Waals surface area contributed by atoms with Gasteiger partial charge in [0.25, 0.3) is 0 Å². The van der Waals surface area contributed by atoms with E-state index in [1.54, 1.807) is 0 Å². The lowest BCUT2D eigenvalue weighted by molar-refractivity contribution is -0.134. The first kappa shape index (κ1) is 22.7. The molecule has 0 aromatic heterocycles. The van der Waals surface area contributed by atoms with Gasteiger partial charge in [-0.2, -0.15) is 0 Å². The van der Waals surface area contributed by atoms with Gasteiger partial charge in [0.05, 0.1) is 5.41 Å². The maximum atomic E-state index is 13.3. The summed E-state index contributed by atoms with van der Waals surface area (Å²) in [5, 5.41) is 0.805. The Kier molecular flexibility index (Phi) is 8.55. The standard InChI is InChI=1S/C24H35NO2S2/c1-3-25(4-2)23(27)24(19-10-6-5-7-11-19)18-20(24)14-15-21(26)12-8-9-13-22-16-17-28-29-22/h5-7,10-11,20,22H,3-4,8-9,12-18H2,1-2H3/t20-,22-,24-/m1/s1. The third-order valence-corrected chi connectivity index (χ3v) is 9.56. The highest BCUT2D eigenvalue weighted by atomic mass is 33.1. The number of benzene rings is 1. The van der Waals surface area contributed by atoms with Gasteiger partial charge in [-0.25, -0.2) is 0 Å². The predicted octanol–water partition coefficient (Wildman–Crippen LogP) is 5.88. The summed E-state index contributed by atoms with van der Waals surface area (Å²) in [5.74, 6) is 2.21. The number of ketones is 1. The van der Waals surface area contributed by atoms with Crippen molar-refractivity contribution in [3.63, 3.8) is 0 Å². The van der Waals surface area contributed by atoms with Crippen LogP contribution in [-0.4, -0.2) is 40.7 Å². The molecule has 5 heteroatoms. The van der Waals surface area contributed by atoms with Crippen LogP contribution in [0.4, 0.5) is 0 Å². The number of hydrogen-bond donors (Lipinski definition) is 0. The van der Waals surface area contributed by atoms with Gasteiger partial charge in [0.15, 0.2) is 0 Å². The SMILES string of the molecule is CCN(CC)C(=O)[C@@]1(c2ccccc2)C[C@H]1CCC(=O)CCCC[C@@H]1CCSS1. The molecule has 1 aliphatic heterocycles. The van der Waals surface area contributed by atoms with E-state index in [9.17, 15) is 9.59 Å². The minimum atomic E-state index is -0.398. The van der Waals surface area contributed by atoms with Crippen molar-refractivity contribution >= 4 is 33.3 Å². The van der Waals surface area contributed by atoms with E-state index in [2.05, 4.69) is 12.1 Å². The lowest BCUT2D eigenvalue weighted by Gasteiger charge is -2.26. The Labute approximate surface area is 184 Å². The van der Waals surface area contributed by atoms with E-state index in [0.717, 1.165) is 43.2 Å². The van der Waals surface area contributed by atoms with Crippen LogP contribution in [-0.2, 0) is 15.0 Å². The molecule has 0 unspecified atom stereocenters. The molecule has 1 aromatic rings. The molecule has 0 radical (unpaired) electrons. The number of likely N-dealkylation sites (N-methyl/N-ethyl adjacent to an activating group) is 1. The fraction of sp³-hybridized carbons (Fsp3) is 0.667. The van der Waals surface area contributed by atoms with Crippen LogP contribution in [0.5, 0.6) is 0 Å². The fourth-order valence-corrected chi connectivity index (χ4v) is 7.69. The molecule has 1 saturated carbocycles. The van der Waals surface area contributed by atoms with Gasteiger partial charge in [-0.3, -0.25) is 9.59 Å². The predicted molar refractivity (Wildman–Crippen MR) is 125 cm³/mol. The van der Waals surface area contributed by atoms with Crippen LogP contribution in [0, 0.1) is 5.92 Å². The molecular weight excluding hydrogens is 398 g/mol. The summed E-state index contributed by atoms with van der Waals surface area (Å²) >= 11 is 0. The third-order valence-electron chi connectivity index (χ3n) is 6.56. The van der Waals surface area contributed by atoms with Crippen molar-refractivity contribution in [3.8, 4) is 0 Å². The molecule has 160 valence electrons. The normalized spacial score (nSPS) is 25.7. The van der Waals surface area contributed by atoms with Crippen molar-refractivity contribution < 1.29 is 9.59 Å². The first-order valence-corrected chi connectivity index (χ1v) is 13.6. The summed E-state index contributed by atoms with van der Waals surface area (Å²) in [4.78, 5) is 27.7. The number of Topliss-reactive ketones (excluding diaryl/α,β-unsaturated/α-hetero) is 1. The van der Waals surface area contributed by atoms with Crippen molar-refractivity contribution in [2.45, 2.75) is 75.9 Å². The zero-order valence-corrected chi connectivity index (χ0v) is 19.5. The van der Waals surface area contributed by atoms with E-state index >= 15 is 0 Å². The Bertz CT molecular complexity index is 671. The third kappa shape index (κ3) is 5.61. The van der Waals surface area contributed by atoms with Crippen LogP contribution in [0.1, 0.15) is 70.8 Å². The second-order valence-corrected chi connectivity index (χ2v) is 11.2. The Morgan fingerprint density at radius 1 is 1.07 bits per heavy atom. The Balaban J connectivity index is 1.49. The molecule has 0 N–H and O–H groups in total. The molecule has 1 aliphatic carbocycles. The van der Waals surface area contributed by atoms with E-state index < -0.39 is 5.41 Å². The van der Waals surface area contributed by atoms with Gasteiger partial charge in [-0.05, 0) is 57.4 Å². The molecule has 1 saturated heterocycles. The van der Waals surface area contributed by atoms with Crippen molar-refractivity contribution in [1.29, 1.82) is 0 Å². The highest BCUT2D eigenvalue weighted by Gasteiger charge is 2.61. The Morgan fingerprint density at radius 3 is 2.48 bits per heavy atom. The van der Waals surface area contributed by atoms with E-state index in [1.165, 1.54) is 25.0 Å². The van der Waals surface area contributed by atoms with Gasteiger partial charge >= 0.3 is 0 Å². The second-order valence-electron chi connectivity index (χ2n) is 8.37. The summed E-state index contributed by atoms with van der Waals surface area (Å²) in [7, 11) is 4.01. The topological polar surface area (TPSA) is 37.4 Å². The van der Waals surface area contributed by atoms with Gasteiger partial charge < -0.3 is 4.90 Å². The number of carbonyl (C=O) groups is 2. The molecule has 0 spiro atoms. The molecule has 1 aromatic carbocycles. The lowest BCUT2D eigenvalue weighted by atomic mass is 9.89. The van der Waals surface area contributed by atoms with Crippen LogP contribution in [0.25, 0.3) is 0 Å². The molecular formula is C24H35NO2S2. The van der Waals surface area contributed by atoms with Gasteiger partial charge in [-0.15, -0.1) is 0 Å². The van der Waals surface area contributed by atoms with Crippen LogP contribution in [0.2, 0.25) is 0 Å². The van der Waals surface area contributed by atoms with Gasteiger partial charge in [-0.1, -0.05) is 58.3 Å². The van der Waals surface area contributed by atoms with Gasteiger partial charge in [0, 0.05) is 36.9 Å². The van der Waals surface area contributed by atoms with E-state index in [4.69, 9.17) is 0 Å². The van der Waals surface area contributed by atoms with Crippen molar-refractivity contribution in [3.05, 3.63) is 35.9 Å². The zero-order chi connectivity index (χ0) is 20.7. The minimum absolute atomic E-state index is 0.248. The molecule has 2 aliphatic rings. The van der Waals surface area contributed by atoms with E-state index in [1.807, 2.05) is 58.5 Å². The highest BCUT2D eigenvalue weighted by molar-refractivity contribution is 8.77. The monoisotopic (exact) mass is 433 g/mol. The number of amides is 1. The van der Waals surface area contributed by atoms with Crippen LogP contribution < -0.4 is 0 Å². The quantitative estimate of drug-likeness (QED) is 0.305. The van der Waals surface area contributed by atoms with Gasteiger partial charge in [0.2, 0.25) is 5.91 Å². The number of carbonyl (C=O) groups excluding carboxylic acids is 2. The minimum Gasteiger partial charge on any atom is -0.342 e. The summed E-state index contributed by atoms with van der Waals surface area (Å²) in [6.07, 6.45) is 7.83. The number of nitrogens with zero attached hydrogens (tertiary/aromatic N) is 1. The van der Waals surface area contributed by atoms with E-state index in [-0.39, 0.29) is 5.91 Å². The molecule has 0 bridgehead atoms. The van der Waals surface area contributed by atoms with Crippen LogP contribution >= 0.6 is 21.6 Å². The lowest BCUT2D eigenvalue weighted by Crippen LogP contribution is -2.40. The molecule has 29 heavy (non-hydrogen) atoms. The first-order chi connectivity index (χ1) is 14.1. The highest BCUT2D eigenvalue weighted by Crippen LogP contribution is 2.57. The first-order valence-electron chi connectivity index (χ1n) is 11.3. The molecule has 2 fully saturated rings. The Hall–Kier alpha value is -0.940. The maximum absolute atomic E-state index is 13.3. The molecule has 3 rings (SSSR count). The molecule has 1 amide bonds. The van der Waals surface area contributed by atoms with Crippen molar-refractivity contribution in [2.24, 2.45) is 5.92 Å². The summed E-state index contributed by atoms with van der Waals surface area (Å²) in [5.41, 5.74) is 0.728. The molecule has 3 atom stereocenters. The fourth-order valence-electron chi connectivity index (χ4n) is 4.66. The summed E-state index contributed by atoms with van der Waals surface area (Å²) in [6, 6.07) is 10.2. The summed E-state index contributed by atoms with van der Waals surface area (Å²) in [6.45, 7) is 5.58. The second kappa shape index (κ2) is 10.9. The number of unbranched alkanes of at least 4 members (excludes halogenated alkanes) is 1. The summed E-state index contributed by atoms with van der Waals surface area (Å²) < 4.78 is 0. The van der Waals surface area contributed by atoms with Crippen molar-refractivity contribution in [1.82, 2.24) is 4.90 Å². The van der Waals surface area contributed by atoms with Crippen molar-refractivity contribution in [2.75, 3.05) is 18.8 Å². The average Bonchev–Trinajstić information content (AvgIpc) is 3.26. The molecule has 1 heterocycles. The number of hydrogen-bond acceptors (Lipinski definition) is 4. The largest absolute Gasteiger partial charge is 0.342 e. The smallest absolute Gasteiger partial charge is 0.233 e. The maximum Gasteiger partial charge on any atom is 0.233 e. The van der Waals surface area contributed by atoms with Gasteiger partial charge in [0.1, 0.15) is 5.78 Å². The Morgan fingerprint density at radius 2 is 1.83 bits per heavy atom. The van der Waals surface area contributed by atoms with E-state index in [0.29, 0.717) is 24.5 Å². The van der Waals surface area contributed by atoms with Crippen LogP contribution in [0.15, 0.2) is 30.3 Å².